The predicted octanol–water partition coefficient (Wildman–Crippen LogP) is 4.75. The van der Waals surface area contributed by atoms with Gasteiger partial charge in [-0.05, 0) is 36.8 Å². The molecule has 0 unspecified atom stereocenters. The van der Waals surface area contributed by atoms with Gasteiger partial charge in [-0.15, -0.1) is 0 Å². The zero-order chi connectivity index (χ0) is 18.5. The van der Waals surface area contributed by atoms with Crippen LogP contribution in [-0.4, -0.2) is 10.8 Å². The topological polar surface area (TPSA) is 63.4 Å². The van der Waals surface area contributed by atoms with E-state index in [0.29, 0.717) is 12.1 Å². The second kappa shape index (κ2) is 7.61. The average Bonchev–Trinajstić information content (AvgIpc) is 2.67. The zero-order valence-electron chi connectivity index (χ0n) is 14.3. The molecule has 0 aliphatic heterocycles. The van der Waals surface area contributed by atoms with Gasteiger partial charge in [0.2, 0.25) is 0 Å². The highest BCUT2D eigenvalue weighted by atomic mass is 16.6. The van der Waals surface area contributed by atoms with Gasteiger partial charge in [0.1, 0.15) is 0 Å². The standard InChI is InChI=1S/C21H18N2O3/c1-16-7-11-19(12-8-16)22(21(24)18-5-3-2-4-6-18)15-17-9-13-20(14-10-17)23(25)26/h2-14H,15H2,1H3. The van der Waals surface area contributed by atoms with Gasteiger partial charge in [-0.3, -0.25) is 14.9 Å². The Bertz CT molecular complexity index is 904. The van der Waals surface area contributed by atoms with Crippen LogP contribution in [0.5, 0.6) is 0 Å². The molecule has 5 heteroatoms. The normalized spacial score (nSPS) is 10.3. The van der Waals surface area contributed by atoms with Crippen LogP contribution in [0.3, 0.4) is 0 Å². The zero-order valence-corrected chi connectivity index (χ0v) is 14.3. The van der Waals surface area contributed by atoms with Crippen molar-refractivity contribution in [1.29, 1.82) is 0 Å². The number of nitrogens with zero attached hydrogens (tertiary/aromatic N) is 2. The van der Waals surface area contributed by atoms with Gasteiger partial charge in [0.15, 0.2) is 0 Å². The first kappa shape index (κ1) is 17.4. The van der Waals surface area contributed by atoms with Gasteiger partial charge in [-0.25, -0.2) is 0 Å². The van der Waals surface area contributed by atoms with E-state index in [0.717, 1.165) is 16.8 Å². The number of carbonyl (C=O) groups is 1. The van der Waals surface area contributed by atoms with Crippen LogP contribution in [0.4, 0.5) is 11.4 Å². The molecular weight excluding hydrogens is 328 g/mol. The summed E-state index contributed by atoms with van der Waals surface area (Å²) >= 11 is 0. The van der Waals surface area contributed by atoms with Crippen LogP contribution in [0.2, 0.25) is 0 Å². The Balaban J connectivity index is 1.93. The molecule has 0 saturated carbocycles. The third kappa shape index (κ3) is 3.95. The Morgan fingerprint density at radius 3 is 2.12 bits per heavy atom. The molecule has 3 aromatic rings. The Kier molecular flexibility index (Phi) is 5.08. The molecule has 0 bridgehead atoms. The maximum Gasteiger partial charge on any atom is 0.269 e. The summed E-state index contributed by atoms with van der Waals surface area (Å²) in [7, 11) is 0. The van der Waals surface area contributed by atoms with Crippen LogP contribution < -0.4 is 4.90 Å². The molecule has 0 fully saturated rings. The van der Waals surface area contributed by atoms with Crippen molar-refractivity contribution >= 4 is 17.3 Å². The molecule has 130 valence electrons. The first-order valence-electron chi connectivity index (χ1n) is 8.21. The number of rotatable bonds is 5. The minimum atomic E-state index is -0.434. The molecule has 0 spiro atoms. The van der Waals surface area contributed by atoms with Crippen LogP contribution >= 0.6 is 0 Å². The Morgan fingerprint density at radius 1 is 0.923 bits per heavy atom. The van der Waals surface area contributed by atoms with Gasteiger partial charge in [0.25, 0.3) is 11.6 Å². The molecule has 0 saturated heterocycles. The molecule has 1 amide bonds. The van der Waals surface area contributed by atoms with Crippen LogP contribution in [0.15, 0.2) is 78.9 Å². The quantitative estimate of drug-likeness (QED) is 0.495. The van der Waals surface area contributed by atoms with Gasteiger partial charge in [0, 0.05) is 23.4 Å². The third-order valence-electron chi connectivity index (χ3n) is 4.10. The summed E-state index contributed by atoms with van der Waals surface area (Å²) in [6, 6.07) is 23.1. The van der Waals surface area contributed by atoms with E-state index in [9.17, 15) is 14.9 Å². The van der Waals surface area contributed by atoms with Crippen molar-refractivity contribution in [2.75, 3.05) is 4.90 Å². The van der Waals surface area contributed by atoms with E-state index in [4.69, 9.17) is 0 Å². The van der Waals surface area contributed by atoms with Gasteiger partial charge >= 0.3 is 0 Å². The number of hydrogen-bond acceptors (Lipinski definition) is 3. The Labute approximate surface area is 151 Å². The second-order valence-electron chi connectivity index (χ2n) is 6.02. The Morgan fingerprint density at radius 2 is 1.54 bits per heavy atom. The largest absolute Gasteiger partial charge is 0.304 e. The molecule has 3 rings (SSSR count). The maximum absolute atomic E-state index is 13.0. The number of carbonyl (C=O) groups excluding carboxylic acids is 1. The molecule has 26 heavy (non-hydrogen) atoms. The highest BCUT2D eigenvalue weighted by molar-refractivity contribution is 6.06. The van der Waals surface area contributed by atoms with Crippen molar-refractivity contribution in [3.05, 3.63) is 106 Å². The van der Waals surface area contributed by atoms with Crippen LogP contribution in [0.25, 0.3) is 0 Å². The van der Waals surface area contributed by atoms with Crippen molar-refractivity contribution in [3.8, 4) is 0 Å². The molecule has 0 aliphatic rings. The fraction of sp³-hybridized carbons (Fsp3) is 0.0952. The van der Waals surface area contributed by atoms with Gasteiger partial charge in [-0.1, -0.05) is 48.0 Å². The first-order chi connectivity index (χ1) is 12.5. The summed E-state index contributed by atoms with van der Waals surface area (Å²) < 4.78 is 0. The fourth-order valence-corrected chi connectivity index (χ4v) is 2.65. The van der Waals surface area contributed by atoms with Crippen molar-refractivity contribution < 1.29 is 9.72 Å². The summed E-state index contributed by atoms with van der Waals surface area (Å²) in [5.41, 5.74) is 3.33. The van der Waals surface area contributed by atoms with Gasteiger partial charge in [0.05, 0.1) is 11.5 Å². The lowest BCUT2D eigenvalue weighted by molar-refractivity contribution is -0.384. The second-order valence-corrected chi connectivity index (χ2v) is 6.02. The molecule has 0 radical (unpaired) electrons. The maximum atomic E-state index is 13.0. The molecule has 0 heterocycles. The number of non-ortho nitro benzene ring substituents is 1. The van der Waals surface area contributed by atoms with E-state index in [1.54, 1.807) is 29.2 Å². The fourth-order valence-electron chi connectivity index (χ4n) is 2.65. The highest BCUT2D eigenvalue weighted by Crippen LogP contribution is 2.22. The van der Waals surface area contributed by atoms with E-state index in [2.05, 4.69) is 0 Å². The molecular formula is C21H18N2O3. The number of nitro benzene ring substituents is 1. The minimum Gasteiger partial charge on any atom is -0.304 e. The van der Waals surface area contributed by atoms with Crippen molar-refractivity contribution in [3.63, 3.8) is 0 Å². The molecule has 5 nitrogen and oxygen atoms in total. The highest BCUT2D eigenvalue weighted by Gasteiger charge is 2.18. The summed E-state index contributed by atoms with van der Waals surface area (Å²) in [5, 5.41) is 10.8. The molecule has 0 aromatic heterocycles. The minimum absolute atomic E-state index is 0.0324. The SMILES string of the molecule is Cc1ccc(N(Cc2ccc([N+](=O)[O-])cc2)C(=O)c2ccccc2)cc1. The average molecular weight is 346 g/mol. The van der Waals surface area contributed by atoms with E-state index in [1.807, 2.05) is 49.4 Å². The number of amides is 1. The lowest BCUT2D eigenvalue weighted by Gasteiger charge is -2.23. The van der Waals surface area contributed by atoms with E-state index >= 15 is 0 Å². The molecule has 3 aromatic carbocycles. The van der Waals surface area contributed by atoms with E-state index in [1.165, 1.54) is 12.1 Å². The number of hydrogen-bond donors (Lipinski definition) is 0. The monoisotopic (exact) mass is 346 g/mol. The van der Waals surface area contributed by atoms with Gasteiger partial charge in [-0.2, -0.15) is 0 Å². The van der Waals surface area contributed by atoms with Gasteiger partial charge < -0.3 is 4.90 Å². The smallest absolute Gasteiger partial charge is 0.269 e. The lowest BCUT2D eigenvalue weighted by atomic mass is 10.1. The summed E-state index contributed by atoms with van der Waals surface area (Å²) in [6.45, 7) is 2.32. The summed E-state index contributed by atoms with van der Waals surface area (Å²) in [5.74, 6) is -0.118. The van der Waals surface area contributed by atoms with Crippen LogP contribution in [0, 0.1) is 17.0 Å². The first-order valence-corrected chi connectivity index (χ1v) is 8.21. The predicted molar refractivity (Wildman–Crippen MR) is 101 cm³/mol. The van der Waals surface area contributed by atoms with Crippen molar-refractivity contribution in [1.82, 2.24) is 0 Å². The lowest BCUT2D eigenvalue weighted by Crippen LogP contribution is -2.30. The number of aryl methyl sites for hydroxylation is 1. The van der Waals surface area contributed by atoms with Crippen LogP contribution in [0.1, 0.15) is 21.5 Å². The molecule has 0 atom stereocenters. The summed E-state index contributed by atoms with van der Waals surface area (Å²) in [6.07, 6.45) is 0. The number of anilines is 1. The van der Waals surface area contributed by atoms with E-state index in [-0.39, 0.29) is 11.6 Å². The molecule has 0 N–H and O–H groups in total. The number of nitro groups is 1. The van der Waals surface area contributed by atoms with Crippen molar-refractivity contribution in [2.24, 2.45) is 0 Å². The van der Waals surface area contributed by atoms with E-state index < -0.39 is 4.92 Å². The van der Waals surface area contributed by atoms with Crippen LogP contribution in [-0.2, 0) is 6.54 Å². The summed E-state index contributed by atoms with van der Waals surface area (Å²) in [4.78, 5) is 25.1. The van der Waals surface area contributed by atoms with Crippen molar-refractivity contribution in [2.45, 2.75) is 13.5 Å². The molecule has 0 aliphatic carbocycles. The Hall–Kier alpha value is -3.47. The third-order valence-corrected chi connectivity index (χ3v) is 4.10. The number of benzene rings is 3.